The molecule has 2 aromatic heterocycles. The quantitative estimate of drug-likeness (QED) is 0.0529. The molecule has 6 aromatic rings. The fourth-order valence-corrected chi connectivity index (χ4v) is 12.7. The highest BCUT2D eigenvalue weighted by molar-refractivity contribution is 7.90. The lowest BCUT2D eigenvalue weighted by atomic mass is 9.59. The minimum atomic E-state index is -4.58. The van der Waals surface area contributed by atoms with Gasteiger partial charge in [-0.2, -0.15) is 0 Å². The first-order valence-corrected chi connectivity index (χ1v) is 27.2. The number of sulfonamides is 1. The number of rotatable bonds is 16. The van der Waals surface area contributed by atoms with Gasteiger partial charge in [0.1, 0.15) is 28.6 Å². The van der Waals surface area contributed by atoms with Crippen molar-refractivity contribution in [3.05, 3.63) is 142 Å². The fraction of sp³-hybridized carbons (Fsp3) is 0.429. The van der Waals surface area contributed by atoms with Gasteiger partial charge in [-0.1, -0.05) is 50.2 Å². The van der Waals surface area contributed by atoms with E-state index >= 15 is 0 Å². The predicted octanol–water partition coefficient (Wildman–Crippen LogP) is 9.79. The molecule has 10 rings (SSSR count). The molecule has 4 heterocycles. The maximum atomic E-state index is 14.1. The molecule has 1 spiro atoms. The Hall–Kier alpha value is -6.53. The molecule has 16 nitrogen and oxygen atoms in total. The van der Waals surface area contributed by atoms with E-state index in [4.69, 9.17) is 9.47 Å². The number of nitro benzene ring substituents is 1. The number of methoxy groups -OCH3 is 1. The van der Waals surface area contributed by atoms with E-state index in [0.717, 1.165) is 101 Å². The molecule has 73 heavy (non-hydrogen) atoms. The number of H-pyrrole nitrogens is 1. The number of nitro groups is 1. The number of carbonyl (C=O) groups excluding carboxylic acids is 1. The van der Waals surface area contributed by atoms with Gasteiger partial charge in [-0.25, -0.2) is 18.1 Å². The van der Waals surface area contributed by atoms with Gasteiger partial charge in [-0.15, -0.1) is 0 Å². The molecule has 2 aliphatic heterocycles. The summed E-state index contributed by atoms with van der Waals surface area (Å²) in [5.41, 5.74) is 5.60. The fourth-order valence-electron chi connectivity index (χ4n) is 11.8. The van der Waals surface area contributed by atoms with E-state index < -0.39 is 31.4 Å². The first-order valence-electron chi connectivity index (χ1n) is 25.7. The van der Waals surface area contributed by atoms with Crippen LogP contribution in [0.4, 0.5) is 17.1 Å². The summed E-state index contributed by atoms with van der Waals surface area (Å²) in [6.45, 7) is 10.5. The molecule has 0 radical (unpaired) electrons. The maximum Gasteiger partial charge on any atom is 0.293 e. The summed E-state index contributed by atoms with van der Waals surface area (Å²) in [6, 6.07) is 30.6. The number of hydrogen-bond acceptors (Lipinski definition) is 13. The van der Waals surface area contributed by atoms with Crippen LogP contribution in [0, 0.1) is 21.4 Å². The number of carbonyl (C=O) groups is 1. The molecule has 2 saturated heterocycles. The lowest BCUT2D eigenvalue weighted by molar-refractivity contribution is -0.384. The number of aliphatic hydroxyl groups excluding tert-OH is 1. The number of ether oxygens (including phenoxy) is 2. The number of fused-ring (bicyclic) bond motifs is 1. The summed E-state index contributed by atoms with van der Waals surface area (Å²) in [5.74, 6) is 1.06. The van der Waals surface area contributed by atoms with Crippen molar-refractivity contribution >= 4 is 44.0 Å². The molecule has 0 bridgehead atoms. The highest BCUT2D eigenvalue weighted by Gasteiger charge is 2.50. The van der Waals surface area contributed by atoms with Crippen molar-refractivity contribution in [2.45, 2.75) is 101 Å². The minimum Gasteiger partial charge on any atom is -0.497 e. The van der Waals surface area contributed by atoms with E-state index in [1.807, 2.05) is 24.3 Å². The van der Waals surface area contributed by atoms with Crippen molar-refractivity contribution in [1.29, 1.82) is 0 Å². The second-order valence-corrected chi connectivity index (χ2v) is 22.6. The number of amides is 1. The van der Waals surface area contributed by atoms with E-state index in [0.29, 0.717) is 48.8 Å². The van der Waals surface area contributed by atoms with Crippen LogP contribution < -0.4 is 24.4 Å². The van der Waals surface area contributed by atoms with Crippen LogP contribution in [0.2, 0.25) is 0 Å². The van der Waals surface area contributed by atoms with Crippen LogP contribution in [-0.2, 0) is 16.6 Å². The number of nitrogens with zero attached hydrogens (tertiary/aromatic N) is 5. The van der Waals surface area contributed by atoms with Gasteiger partial charge in [-0.05, 0) is 134 Å². The largest absolute Gasteiger partial charge is 0.497 e. The van der Waals surface area contributed by atoms with Crippen LogP contribution in [0.3, 0.4) is 0 Å². The predicted molar refractivity (Wildman–Crippen MR) is 282 cm³/mol. The first-order chi connectivity index (χ1) is 35.2. The molecule has 4 aliphatic rings. The Kier molecular flexibility index (Phi) is 14.5. The number of hydrogen-bond donors (Lipinski definition) is 4. The number of anilines is 2. The average molecular weight is 1010 g/mol. The Morgan fingerprint density at radius 3 is 2.44 bits per heavy atom. The Balaban J connectivity index is 0.832. The average Bonchev–Trinajstić information content (AvgIpc) is 3.86. The van der Waals surface area contributed by atoms with Gasteiger partial charge in [0.05, 0.1) is 34.8 Å². The van der Waals surface area contributed by atoms with Crippen molar-refractivity contribution in [1.82, 2.24) is 24.5 Å². The van der Waals surface area contributed by atoms with Crippen LogP contribution in [0.25, 0.3) is 11.0 Å². The molecule has 4 N–H and O–H groups in total. The molecular weight excluding hydrogens is 945 g/mol. The first kappa shape index (κ1) is 50.0. The van der Waals surface area contributed by atoms with E-state index in [1.165, 1.54) is 28.8 Å². The summed E-state index contributed by atoms with van der Waals surface area (Å²) >= 11 is 0. The Bertz CT molecular complexity index is 3050. The molecule has 1 unspecified atom stereocenters. The van der Waals surface area contributed by atoms with E-state index in [9.17, 15) is 28.4 Å². The van der Waals surface area contributed by atoms with Crippen molar-refractivity contribution < 1.29 is 32.7 Å². The van der Waals surface area contributed by atoms with Crippen molar-refractivity contribution in [2.24, 2.45) is 11.3 Å². The molecule has 384 valence electrons. The van der Waals surface area contributed by atoms with Crippen LogP contribution in [0.1, 0.15) is 104 Å². The smallest absolute Gasteiger partial charge is 0.293 e. The summed E-state index contributed by atoms with van der Waals surface area (Å²) in [7, 11) is -2.88. The second kappa shape index (κ2) is 21.1. The molecule has 1 amide bonds. The van der Waals surface area contributed by atoms with Crippen molar-refractivity contribution in [3.63, 3.8) is 0 Å². The molecule has 17 heteroatoms. The lowest BCUT2D eigenvalue weighted by Gasteiger charge is -2.58. The zero-order chi connectivity index (χ0) is 50.9. The van der Waals surface area contributed by atoms with Crippen molar-refractivity contribution in [3.8, 4) is 17.2 Å². The molecule has 4 aromatic carbocycles. The van der Waals surface area contributed by atoms with Crippen LogP contribution >= 0.6 is 0 Å². The minimum absolute atomic E-state index is 0.0279. The third-order valence-electron chi connectivity index (χ3n) is 16.0. The Morgan fingerprint density at radius 1 is 0.932 bits per heavy atom. The van der Waals surface area contributed by atoms with Gasteiger partial charge >= 0.3 is 0 Å². The second-order valence-electron chi connectivity index (χ2n) is 21.0. The van der Waals surface area contributed by atoms with E-state index in [1.54, 1.807) is 37.7 Å². The zero-order valence-electron chi connectivity index (χ0n) is 41.8. The molecule has 2 aliphatic carbocycles. The molecule has 1 atom stereocenters. The van der Waals surface area contributed by atoms with Crippen LogP contribution in [0.5, 0.6) is 17.2 Å². The number of pyridine rings is 1. The zero-order valence-corrected chi connectivity index (χ0v) is 42.7. The number of aromatic nitrogens is 2. The van der Waals surface area contributed by atoms with Gasteiger partial charge in [0.15, 0.2) is 0 Å². The van der Waals surface area contributed by atoms with Gasteiger partial charge in [0, 0.05) is 87.3 Å². The van der Waals surface area contributed by atoms with Gasteiger partial charge in [0.25, 0.3) is 21.6 Å². The highest BCUT2D eigenvalue weighted by atomic mass is 32.2. The number of piperidine rings is 1. The lowest BCUT2D eigenvalue weighted by Crippen LogP contribution is -2.60. The van der Waals surface area contributed by atoms with Crippen LogP contribution in [-0.4, -0.2) is 103 Å². The van der Waals surface area contributed by atoms with E-state index in [-0.39, 0.29) is 34.4 Å². The van der Waals surface area contributed by atoms with Crippen molar-refractivity contribution in [2.75, 3.05) is 56.6 Å². The third-order valence-corrected chi connectivity index (χ3v) is 17.3. The summed E-state index contributed by atoms with van der Waals surface area (Å²) in [5, 5.41) is 26.0. The number of piperazine rings is 1. The monoisotopic (exact) mass is 1010 g/mol. The SMILES string of the molecule is COc1ccc(CN2CCN(C3CC4(CCN(c5ccc(C(=O)NS(=O)(=O)c6ccc(NCC7CCC(O)CC7)c([N+](=O)[O-])c6)c(Oc6cnc7[nH]ccc7c6)c5)CC4)C3)C(c3ccccc3C(C)C)C2)cc1. The third kappa shape index (κ3) is 11.1. The topological polar surface area (TPSA) is 195 Å². The normalized spacial score (nSPS) is 20.7. The number of aromatic amines is 1. The van der Waals surface area contributed by atoms with Gasteiger partial charge in [-0.3, -0.25) is 24.7 Å². The maximum absolute atomic E-state index is 14.1. The summed E-state index contributed by atoms with van der Waals surface area (Å²) < 4.78 is 41.6. The molecule has 2 saturated carbocycles. The molecule has 4 fully saturated rings. The molecular formula is C56H66N8O8S. The standard InChI is InChI=1S/C56H66N8O8S/c1-37(2)47-6-4-5-7-48(47)52-36-61(35-39-10-15-44(71-3)16-11-39)26-27-63(52)42-31-56(32-42)21-24-62(25-22-56)41-12-18-49(53(29-41)72-45-28-40-20-23-57-54(40)59-34-45)55(66)60-73(69,70)46-17-19-50(51(30-46)64(67)68)58-33-38-8-13-43(65)14-9-38/h4-7,10-12,15-20,23,28-30,34,37-38,42-43,52,58,65H,8-9,13-14,21-22,24-27,31-33,35-36H2,1-3H3,(H,57,59)(H,60,66). The number of aliphatic hydroxyl groups is 1. The van der Waals surface area contributed by atoms with Crippen LogP contribution in [0.15, 0.2) is 114 Å². The number of benzene rings is 4. The van der Waals surface area contributed by atoms with Gasteiger partial charge < -0.3 is 29.8 Å². The highest BCUT2D eigenvalue weighted by Crippen LogP contribution is 2.53. The van der Waals surface area contributed by atoms with Gasteiger partial charge in [0.2, 0.25) is 0 Å². The van der Waals surface area contributed by atoms with E-state index in [2.05, 4.69) is 85.0 Å². The summed E-state index contributed by atoms with van der Waals surface area (Å²) in [4.78, 5) is 40.5. The Morgan fingerprint density at radius 2 is 1.70 bits per heavy atom. The number of nitrogens with one attached hydrogen (secondary N) is 3. The Labute approximate surface area is 427 Å². The summed E-state index contributed by atoms with van der Waals surface area (Å²) in [6.07, 6.45) is 10.2.